The van der Waals surface area contributed by atoms with Crippen LogP contribution >= 0.6 is 0 Å². The number of hydrogen-bond donors (Lipinski definition) is 0. The first-order valence-corrected chi connectivity index (χ1v) is 10.1. The van der Waals surface area contributed by atoms with Gasteiger partial charge in [-0.15, -0.1) is 0 Å². The highest BCUT2D eigenvalue weighted by molar-refractivity contribution is 5.76. The molecule has 0 aromatic carbocycles. The lowest BCUT2D eigenvalue weighted by Crippen LogP contribution is -2.31. The standard InChI is InChI=1S/C20H39NO/c1-2-3-4-5-6-7-8-9-10-11-12-15-18-21-19-16-13-14-17-20(21)22/h2-19H2,1H3. The van der Waals surface area contributed by atoms with Crippen LogP contribution in [0.3, 0.4) is 0 Å². The molecular weight excluding hydrogens is 270 g/mol. The van der Waals surface area contributed by atoms with Gasteiger partial charge in [-0.2, -0.15) is 0 Å². The second kappa shape index (κ2) is 14.1. The van der Waals surface area contributed by atoms with Gasteiger partial charge >= 0.3 is 0 Å². The van der Waals surface area contributed by atoms with Gasteiger partial charge in [0.25, 0.3) is 0 Å². The van der Waals surface area contributed by atoms with Crippen molar-refractivity contribution in [3.63, 3.8) is 0 Å². The molecule has 2 nitrogen and oxygen atoms in total. The van der Waals surface area contributed by atoms with Crippen LogP contribution in [0.1, 0.15) is 110 Å². The number of hydrogen-bond acceptors (Lipinski definition) is 1. The molecule has 22 heavy (non-hydrogen) atoms. The van der Waals surface area contributed by atoms with Crippen LogP contribution in [0.25, 0.3) is 0 Å². The Bertz CT molecular complexity index is 264. The first kappa shape index (κ1) is 19.5. The van der Waals surface area contributed by atoms with Gasteiger partial charge in [-0.3, -0.25) is 4.79 Å². The molecule has 1 aliphatic heterocycles. The third-order valence-electron chi connectivity index (χ3n) is 4.95. The molecule has 0 N–H and O–H groups in total. The summed E-state index contributed by atoms with van der Waals surface area (Å²) in [5.41, 5.74) is 0. The van der Waals surface area contributed by atoms with Gasteiger partial charge in [-0.1, -0.05) is 84.0 Å². The lowest BCUT2D eigenvalue weighted by Gasteiger charge is -2.20. The zero-order valence-electron chi connectivity index (χ0n) is 15.1. The Morgan fingerprint density at radius 1 is 0.727 bits per heavy atom. The molecule has 130 valence electrons. The molecule has 0 atom stereocenters. The molecule has 1 fully saturated rings. The number of carbonyl (C=O) groups excluding carboxylic acids is 1. The predicted molar refractivity (Wildman–Crippen MR) is 96.1 cm³/mol. The van der Waals surface area contributed by atoms with Crippen LogP contribution in [0.2, 0.25) is 0 Å². The molecule has 0 radical (unpaired) electrons. The highest BCUT2D eigenvalue weighted by atomic mass is 16.2. The van der Waals surface area contributed by atoms with Gasteiger partial charge in [0, 0.05) is 19.5 Å². The fourth-order valence-electron chi connectivity index (χ4n) is 3.42. The maximum Gasteiger partial charge on any atom is 0.222 e. The van der Waals surface area contributed by atoms with E-state index >= 15 is 0 Å². The van der Waals surface area contributed by atoms with E-state index in [0.29, 0.717) is 5.91 Å². The van der Waals surface area contributed by atoms with Crippen molar-refractivity contribution >= 4 is 5.91 Å². The zero-order valence-corrected chi connectivity index (χ0v) is 15.1. The van der Waals surface area contributed by atoms with E-state index in [1.807, 2.05) is 0 Å². The smallest absolute Gasteiger partial charge is 0.222 e. The van der Waals surface area contributed by atoms with Gasteiger partial charge in [0.2, 0.25) is 5.91 Å². The van der Waals surface area contributed by atoms with Crippen LogP contribution in [0.15, 0.2) is 0 Å². The Kier molecular flexibility index (Phi) is 12.5. The Balaban J connectivity index is 1.82. The number of likely N-dealkylation sites (tertiary alicyclic amines) is 1. The van der Waals surface area contributed by atoms with Gasteiger partial charge in [0.15, 0.2) is 0 Å². The molecule has 0 bridgehead atoms. The monoisotopic (exact) mass is 309 g/mol. The largest absolute Gasteiger partial charge is 0.343 e. The predicted octanol–water partition coefficient (Wildman–Crippen LogP) is 6.09. The Hall–Kier alpha value is -0.530. The van der Waals surface area contributed by atoms with Gasteiger partial charge in [-0.25, -0.2) is 0 Å². The average Bonchev–Trinajstić information content (AvgIpc) is 2.73. The van der Waals surface area contributed by atoms with E-state index in [2.05, 4.69) is 11.8 Å². The third-order valence-corrected chi connectivity index (χ3v) is 4.95. The Morgan fingerprint density at radius 2 is 1.27 bits per heavy atom. The maximum absolute atomic E-state index is 11.9. The van der Waals surface area contributed by atoms with Crippen molar-refractivity contribution in [1.82, 2.24) is 4.90 Å². The second-order valence-electron chi connectivity index (χ2n) is 7.08. The molecule has 1 heterocycles. The maximum atomic E-state index is 11.9. The fourth-order valence-corrected chi connectivity index (χ4v) is 3.42. The van der Waals surface area contributed by atoms with E-state index in [0.717, 1.165) is 25.9 Å². The van der Waals surface area contributed by atoms with Gasteiger partial charge in [0.1, 0.15) is 0 Å². The highest BCUT2D eigenvalue weighted by Gasteiger charge is 2.15. The molecule has 0 aromatic rings. The Morgan fingerprint density at radius 3 is 1.86 bits per heavy atom. The summed E-state index contributed by atoms with van der Waals surface area (Å²) in [6.45, 7) is 4.30. The molecule has 0 spiro atoms. The molecule has 1 aliphatic rings. The van der Waals surface area contributed by atoms with E-state index in [4.69, 9.17) is 0 Å². The van der Waals surface area contributed by atoms with E-state index in [1.165, 1.54) is 89.9 Å². The average molecular weight is 310 g/mol. The van der Waals surface area contributed by atoms with Crippen molar-refractivity contribution in [2.45, 2.75) is 110 Å². The molecule has 1 saturated heterocycles. The lowest BCUT2D eigenvalue weighted by molar-refractivity contribution is -0.130. The Labute approximate surface area is 139 Å². The molecule has 0 aromatic heterocycles. The number of unbranched alkanes of at least 4 members (excludes halogenated alkanes) is 11. The zero-order chi connectivity index (χ0) is 15.9. The van der Waals surface area contributed by atoms with Gasteiger partial charge in [-0.05, 0) is 19.3 Å². The van der Waals surface area contributed by atoms with Crippen molar-refractivity contribution in [2.75, 3.05) is 13.1 Å². The SMILES string of the molecule is CCCCCCCCCCCCCCN1CCCCCC1=O. The molecule has 0 aliphatic carbocycles. The van der Waals surface area contributed by atoms with Crippen molar-refractivity contribution in [3.05, 3.63) is 0 Å². The van der Waals surface area contributed by atoms with Crippen molar-refractivity contribution in [2.24, 2.45) is 0 Å². The quantitative estimate of drug-likeness (QED) is 0.377. The summed E-state index contributed by atoms with van der Waals surface area (Å²) in [5.74, 6) is 0.403. The van der Waals surface area contributed by atoms with Crippen LogP contribution in [0, 0.1) is 0 Å². The summed E-state index contributed by atoms with van der Waals surface area (Å²) < 4.78 is 0. The lowest BCUT2D eigenvalue weighted by atomic mass is 10.1. The molecule has 0 saturated carbocycles. The summed E-state index contributed by atoms with van der Waals surface area (Å²) in [5, 5.41) is 0. The van der Waals surface area contributed by atoms with E-state index in [1.54, 1.807) is 0 Å². The summed E-state index contributed by atoms with van der Waals surface area (Å²) in [4.78, 5) is 14.0. The second-order valence-corrected chi connectivity index (χ2v) is 7.08. The van der Waals surface area contributed by atoms with Crippen LogP contribution in [0.5, 0.6) is 0 Å². The minimum atomic E-state index is 0.403. The summed E-state index contributed by atoms with van der Waals surface area (Å²) in [7, 11) is 0. The van der Waals surface area contributed by atoms with E-state index in [9.17, 15) is 4.79 Å². The van der Waals surface area contributed by atoms with E-state index < -0.39 is 0 Å². The number of nitrogens with zero attached hydrogens (tertiary/aromatic N) is 1. The highest BCUT2D eigenvalue weighted by Crippen LogP contribution is 2.14. The van der Waals surface area contributed by atoms with Gasteiger partial charge < -0.3 is 4.90 Å². The first-order valence-electron chi connectivity index (χ1n) is 10.1. The third kappa shape index (κ3) is 10.2. The molecule has 1 amide bonds. The number of carbonyl (C=O) groups is 1. The minimum absolute atomic E-state index is 0.403. The van der Waals surface area contributed by atoms with Crippen molar-refractivity contribution < 1.29 is 4.79 Å². The van der Waals surface area contributed by atoms with Crippen molar-refractivity contribution in [1.29, 1.82) is 0 Å². The first-order chi connectivity index (χ1) is 10.8. The van der Waals surface area contributed by atoms with E-state index in [-0.39, 0.29) is 0 Å². The van der Waals surface area contributed by atoms with Crippen LogP contribution < -0.4 is 0 Å². The topological polar surface area (TPSA) is 20.3 Å². The summed E-state index contributed by atoms with van der Waals surface area (Å²) in [6, 6.07) is 0. The molecule has 1 rings (SSSR count). The number of amides is 1. The minimum Gasteiger partial charge on any atom is -0.343 e. The number of rotatable bonds is 13. The molecular formula is C20H39NO. The summed E-state index contributed by atoms with van der Waals surface area (Å²) in [6.07, 6.45) is 21.0. The summed E-state index contributed by atoms with van der Waals surface area (Å²) >= 11 is 0. The van der Waals surface area contributed by atoms with Crippen LogP contribution in [0.4, 0.5) is 0 Å². The van der Waals surface area contributed by atoms with Crippen molar-refractivity contribution in [3.8, 4) is 0 Å². The fraction of sp³-hybridized carbons (Fsp3) is 0.950. The molecule has 2 heteroatoms. The van der Waals surface area contributed by atoms with Gasteiger partial charge in [0.05, 0.1) is 0 Å². The molecule has 0 unspecified atom stereocenters. The van der Waals surface area contributed by atoms with Crippen LogP contribution in [-0.4, -0.2) is 23.9 Å². The normalized spacial score (nSPS) is 16.0. The van der Waals surface area contributed by atoms with Crippen LogP contribution in [-0.2, 0) is 4.79 Å².